The van der Waals surface area contributed by atoms with Crippen molar-refractivity contribution in [1.29, 1.82) is 0 Å². The van der Waals surface area contributed by atoms with Crippen LogP contribution in [0.5, 0.6) is 34.5 Å². The van der Waals surface area contributed by atoms with Gasteiger partial charge in [0.15, 0.2) is 23.0 Å². The van der Waals surface area contributed by atoms with Gasteiger partial charge in [0.05, 0.1) is 42.7 Å². The highest BCUT2D eigenvalue weighted by atomic mass is 31.1. The molecule has 40 heavy (non-hydrogen) atoms. The largest absolute Gasteiger partial charge is 0.493 e. The molecule has 0 aliphatic heterocycles. The van der Waals surface area contributed by atoms with Crippen molar-refractivity contribution in [1.82, 2.24) is 0 Å². The van der Waals surface area contributed by atoms with Crippen molar-refractivity contribution >= 4 is 38.4 Å². The van der Waals surface area contributed by atoms with E-state index in [1.54, 1.807) is 42.7 Å². The van der Waals surface area contributed by atoms with Crippen molar-refractivity contribution in [3.8, 4) is 45.6 Å². The number of rotatable bonds is 11. The zero-order valence-electron chi connectivity index (χ0n) is 24.2. The second-order valence-electron chi connectivity index (χ2n) is 9.07. The van der Waals surface area contributed by atoms with E-state index >= 15 is 0 Å². The van der Waals surface area contributed by atoms with E-state index in [1.807, 2.05) is 24.3 Å². The second-order valence-corrected chi connectivity index (χ2v) is 11.8. The van der Waals surface area contributed by atoms with Gasteiger partial charge in [0, 0.05) is 0 Å². The highest BCUT2D eigenvalue weighted by Crippen LogP contribution is 2.40. The van der Waals surface area contributed by atoms with Gasteiger partial charge in [0.25, 0.3) is 0 Å². The van der Waals surface area contributed by atoms with Crippen LogP contribution in [0.3, 0.4) is 0 Å². The summed E-state index contributed by atoms with van der Waals surface area (Å²) < 4.78 is 33.6. The van der Waals surface area contributed by atoms with Gasteiger partial charge in [-0.05, 0) is 81.6 Å². The Kier molecular flexibility index (Phi) is 9.79. The predicted molar refractivity (Wildman–Crippen MR) is 169 cm³/mol. The van der Waals surface area contributed by atoms with Crippen LogP contribution in [0, 0.1) is 13.8 Å². The van der Waals surface area contributed by atoms with Gasteiger partial charge in [-0.3, -0.25) is 0 Å². The van der Waals surface area contributed by atoms with Crippen LogP contribution in [0.25, 0.3) is 11.1 Å². The molecule has 4 aromatic carbocycles. The Morgan fingerprint density at radius 1 is 0.450 bits per heavy atom. The Morgan fingerprint density at radius 3 is 1.05 bits per heavy atom. The molecule has 0 saturated heterocycles. The molecular formula is C32H36O6P2. The smallest absolute Gasteiger partial charge is 0.203 e. The molecule has 0 aliphatic rings. The molecular weight excluding hydrogens is 542 g/mol. The molecule has 0 aromatic heterocycles. The molecule has 0 radical (unpaired) electrons. The van der Waals surface area contributed by atoms with Crippen molar-refractivity contribution in [2.75, 3.05) is 42.7 Å². The average Bonchev–Trinajstić information content (AvgIpc) is 2.97. The summed E-state index contributed by atoms with van der Waals surface area (Å²) in [6.07, 6.45) is 0. The van der Waals surface area contributed by atoms with Crippen molar-refractivity contribution in [3.63, 3.8) is 0 Å². The number of benzene rings is 4. The molecule has 0 bridgehead atoms. The third kappa shape index (κ3) is 5.99. The number of hydrogen-bond acceptors (Lipinski definition) is 6. The highest BCUT2D eigenvalue weighted by Gasteiger charge is 2.20. The van der Waals surface area contributed by atoms with Crippen molar-refractivity contribution < 1.29 is 28.4 Å². The molecule has 0 N–H and O–H groups in total. The van der Waals surface area contributed by atoms with E-state index in [2.05, 4.69) is 50.2 Å². The average molecular weight is 579 g/mol. The van der Waals surface area contributed by atoms with Crippen LogP contribution >= 0.6 is 17.2 Å². The van der Waals surface area contributed by atoms with Crippen LogP contribution in [-0.4, -0.2) is 42.7 Å². The van der Waals surface area contributed by atoms with Gasteiger partial charge in [-0.25, -0.2) is 0 Å². The fraction of sp³-hybridized carbons (Fsp3) is 0.250. The second kappa shape index (κ2) is 13.3. The number of aryl methyl sites for hydroxylation is 2. The van der Waals surface area contributed by atoms with Crippen LogP contribution in [0.2, 0.25) is 0 Å². The lowest BCUT2D eigenvalue weighted by molar-refractivity contribution is 0.325. The van der Waals surface area contributed by atoms with E-state index in [0.29, 0.717) is 51.7 Å². The van der Waals surface area contributed by atoms with E-state index < -0.39 is 0 Å². The number of methoxy groups -OCH3 is 6. The van der Waals surface area contributed by atoms with Gasteiger partial charge in [-0.2, -0.15) is 0 Å². The molecule has 8 heteroatoms. The van der Waals surface area contributed by atoms with Gasteiger partial charge < -0.3 is 28.4 Å². The maximum absolute atomic E-state index is 5.63. The summed E-state index contributed by atoms with van der Waals surface area (Å²) in [5.74, 6) is 3.79. The standard InChI is InChI=1S/C32H36O6P2/c1-19-11-9-13-27(39-21-15-23(33-3)31(37-7)24(16-21)34-4)29(19)30-20(2)12-10-14-28(30)40-22-17-25(35-5)32(38-8)26(18-22)36-6/h9-18,39-40H,1-8H3. The van der Waals surface area contributed by atoms with Crippen LogP contribution in [-0.2, 0) is 0 Å². The third-order valence-electron chi connectivity index (χ3n) is 6.68. The first-order valence-corrected chi connectivity index (χ1v) is 14.7. The van der Waals surface area contributed by atoms with Crippen molar-refractivity contribution in [2.24, 2.45) is 0 Å². The van der Waals surface area contributed by atoms with Crippen LogP contribution in [0.1, 0.15) is 11.1 Å². The molecule has 0 amide bonds. The lowest BCUT2D eigenvalue weighted by Crippen LogP contribution is -2.15. The summed E-state index contributed by atoms with van der Waals surface area (Å²) >= 11 is 0. The van der Waals surface area contributed by atoms with Gasteiger partial charge in [-0.15, -0.1) is 0 Å². The monoisotopic (exact) mass is 578 g/mol. The summed E-state index contributed by atoms with van der Waals surface area (Å²) in [5, 5.41) is 4.70. The fourth-order valence-corrected chi connectivity index (χ4v) is 7.51. The molecule has 4 rings (SSSR count). The van der Waals surface area contributed by atoms with Crippen molar-refractivity contribution in [3.05, 3.63) is 71.8 Å². The molecule has 0 heterocycles. The summed E-state index contributed by atoms with van der Waals surface area (Å²) in [4.78, 5) is 0. The van der Waals surface area contributed by atoms with Gasteiger partial charge in [0.1, 0.15) is 0 Å². The molecule has 0 aliphatic carbocycles. The zero-order chi connectivity index (χ0) is 28.8. The Balaban J connectivity index is 1.83. The van der Waals surface area contributed by atoms with Gasteiger partial charge >= 0.3 is 0 Å². The topological polar surface area (TPSA) is 55.4 Å². The molecule has 0 fully saturated rings. The van der Waals surface area contributed by atoms with E-state index in [4.69, 9.17) is 28.4 Å². The quantitative estimate of drug-likeness (QED) is 0.226. The van der Waals surface area contributed by atoms with Crippen LogP contribution in [0.4, 0.5) is 0 Å². The number of ether oxygens (including phenoxy) is 6. The number of hydrogen-bond donors (Lipinski definition) is 0. The Labute approximate surface area is 240 Å². The first-order chi connectivity index (χ1) is 19.4. The molecule has 6 nitrogen and oxygen atoms in total. The molecule has 4 aromatic rings. The first kappa shape index (κ1) is 29.5. The Morgan fingerprint density at radius 2 is 0.775 bits per heavy atom. The van der Waals surface area contributed by atoms with E-state index in [-0.39, 0.29) is 0 Å². The van der Waals surface area contributed by atoms with E-state index in [0.717, 1.165) is 10.6 Å². The first-order valence-electron chi connectivity index (χ1n) is 12.7. The minimum absolute atomic E-state index is 0.380. The maximum Gasteiger partial charge on any atom is 0.203 e. The third-order valence-corrected chi connectivity index (χ3v) is 9.21. The SMILES string of the molecule is COc1cc(Pc2cccc(C)c2-c2c(C)cccc2Pc2cc(OC)c(OC)c(OC)c2)cc(OC)c1OC. The Hall–Kier alpha value is -3.46. The Bertz CT molecular complexity index is 1340. The molecule has 2 atom stereocenters. The van der Waals surface area contributed by atoms with Crippen LogP contribution < -0.4 is 49.6 Å². The molecule has 0 spiro atoms. The lowest BCUT2D eigenvalue weighted by Gasteiger charge is -2.20. The molecule has 0 saturated carbocycles. The minimum atomic E-state index is 0.380. The van der Waals surface area contributed by atoms with Crippen LogP contribution in [0.15, 0.2) is 60.7 Å². The van der Waals surface area contributed by atoms with Gasteiger partial charge in [0.2, 0.25) is 11.5 Å². The summed E-state index contributed by atoms with van der Waals surface area (Å²) in [6, 6.07) is 21.1. The molecule has 210 valence electrons. The molecule has 2 unspecified atom stereocenters. The van der Waals surface area contributed by atoms with E-state index in [9.17, 15) is 0 Å². The summed E-state index contributed by atoms with van der Waals surface area (Å²) in [5.41, 5.74) is 4.95. The predicted octanol–water partition coefficient (Wildman–Crippen LogP) is 5.28. The summed E-state index contributed by atoms with van der Waals surface area (Å²) in [6.45, 7) is 4.36. The maximum atomic E-state index is 5.63. The highest BCUT2D eigenvalue weighted by molar-refractivity contribution is 7.56. The fourth-order valence-electron chi connectivity index (χ4n) is 4.83. The summed E-state index contributed by atoms with van der Waals surface area (Å²) in [7, 11) is 10.6. The van der Waals surface area contributed by atoms with Crippen molar-refractivity contribution in [2.45, 2.75) is 13.8 Å². The normalized spacial score (nSPS) is 11.3. The van der Waals surface area contributed by atoms with E-state index in [1.165, 1.54) is 32.9 Å². The lowest BCUT2D eigenvalue weighted by atomic mass is 9.96. The minimum Gasteiger partial charge on any atom is -0.493 e. The van der Waals surface area contributed by atoms with Gasteiger partial charge in [-0.1, -0.05) is 53.6 Å². The zero-order valence-corrected chi connectivity index (χ0v) is 26.2.